The van der Waals surface area contributed by atoms with Crippen molar-refractivity contribution < 1.29 is 14.3 Å². The lowest BCUT2D eigenvalue weighted by atomic mass is 9.94. The Bertz CT molecular complexity index is 694. The SMILES string of the molecule is COC(=O)c1ccc2c(c1)COc1cc(CCN)ccc1-2. The maximum atomic E-state index is 11.6. The van der Waals surface area contributed by atoms with Crippen molar-refractivity contribution in [1.82, 2.24) is 0 Å². The first-order valence-electron chi connectivity index (χ1n) is 6.90. The molecule has 0 saturated heterocycles. The highest BCUT2D eigenvalue weighted by atomic mass is 16.5. The largest absolute Gasteiger partial charge is 0.488 e. The highest BCUT2D eigenvalue weighted by Gasteiger charge is 2.19. The molecule has 2 aromatic rings. The molecule has 21 heavy (non-hydrogen) atoms. The number of rotatable bonds is 3. The first-order chi connectivity index (χ1) is 10.2. The molecule has 1 heterocycles. The van der Waals surface area contributed by atoms with Gasteiger partial charge in [0.1, 0.15) is 12.4 Å². The zero-order chi connectivity index (χ0) is 14.8. The van der Waals surface area contributed by atoms with Gasteiger partial charge in [0, 0.05) is 5.56 Å². The third-order valence-electron chi connectivity index (χ3n) is 3.68. The zero-order valence-corrected chi connectivity index (χ0v) is 11.9. The number of nitrogens with two attached hydrogens (primary N) is 1. The minimum atomic E-state index is -0.332. The van der Waals surface area contributed by atoms with Gasteiger partial charge in [-0.1, -0.05) is 18.2 Å². The topological polar surface area (TPSA) is 61.5 Å². The van der Waals surface area contributed by atoms with Crippen molar-refractivity contribution in [3.8, 4) is 16.9 Å². The van der Waals surface area contributed by atoms with Crippen molar-refractivity contribution in [2.24, 2.45) is 5.73 Å². The van der Waals surface area contributed by atoms with Crippen molar-refractivity contribution in [2.75, 3.05) is 13.7 Å². The summed E-state index contributed by atoms with van der Waals surface area (Å²) in [4.78, 5) is 11.6. The Kier molecular flexibility index (Phi) is 3.62. The number of methoxy groups -OCH3 is 1. The van der Waals surface area contributed by atoms with Gasteiger partial charge in [0.15, 0.2) is 0 Å². The Balaban J connectivity index is 2.01. The predicted octanol–water partition coefficient (Wildman–Crippen LogP) is 2.53. The Labute approximate surface area is 123 Å². The molecule has 0 atom stereocenters. The first-order valence-corrected chi connectivity index (χ1v) is 6.90. The fourth-order valence-corrected chi connectivity index (χ4v) is 2.61. The summed E-state index contributed by atoms with van der Waals surface area (Å²) in [6.07, 6.45) is 0.838. The fourth-order valence-electron chi connectivity index (χ4n) is 2.61. The monoisotopic (exact) mass is 283 g/mol. The van der Waals surface area contributed by atoms with Crippen LogP contribution >= 0.6 is 0 Å². The highest BCUT2D eigenvalue weighted by molar-refractivity contribution is 5.91. The molecule has 3 rings (SSSR count). The van der Waals surface area contributed by atoms with Gasteiger partial charge in [0.25, 0.3) is 0 Å². The summed E-state index contributed by atoms with van der Waals surface area (Å²) in [7, 11) is 1.38. The van der Waals surface area contributed by atoms with E-state index in [1.54, 1.807) is 6.07 Å². The zero-order valence-electron chi connectivity index (χ0n) is 11.9. The van der Waals surface area contributed by atoms with E-state index in [0.29, 0.717) is 18.7 Å². The van der Waals surface area contributed by atoms with E-state index in [-0.39, 0.29) is 5.97 Å². The summed E-state index contributed by atoms with van der Waals surface area (Å²) in [6.45, 7) is 1.08. The van der Waals surface area contributed by atoms with Crippen LogP contribution in [0.3, 0.4) is 0 Å². The van der Waals surface area contributed by atoms with E-state index in [9.17, 15) is 4.79 Å². The molecular weight excluding hydrogens is 266 g/mol. The second-order valence-corrected chi connectivity index (χ2v) is 5.02. The Hall–Kier alpha value is -2.33. The molecule has 0 spiro atoms. The van der Waals surface area contributed by atoms with Gasteiger partial charge in [-0.2, -0.15) is 0 Å². The van der Waals surface area contributed by atoms with Crippen LogP contribution in [0.2, 0.25) is 0 Å². The average molecular weight is 283 g/mol. The maximum Gasteiger partial charge on any atom is 0.337 e. The van der Waals surface area contributed by atoms with Crippen LogP contribution < -0.4 is 10.5 Å². The summed E-state index contributed by atoms with van der Waals surface area (Å²) < 4.78 is 10.6. The number of ether oxygens (including phenoxy) is 2. The van der Waals surface area contributed by atoms with Gasteiger partial charge in [-0.15, -0.1) is 0 Å². The van der Waals surface area contributed by atoms with Crippen LogP contribution in [0, 0.1) is 0 Å². The lowest BCUT2D eigenvalue weighted by molar-refractivity contribution is 0.0600. The Morgan fingerprint density at radius 3 is 2.81 bits per heavy atom. The molecule has 0 fully saturated rings. The smallest absolute Gasteiger partial charge is 0.337 e. The molecule has 2 N–H and O–H groups in total. The van der Waals surface area contributed by atoms with Crippen LogP contribution in [0.1, 0.15) is 21.5 Å². The molecule has 0 radical (unpaired) electrons. The van der Waals surface area contributed by atoms with Crippen molar-refractivity contribution in [2.45, 2.75) is 13.0 Å². The van der Waals surface area contributed by atoms with Crippen LogP contribution in [0.25, 0.3) is 11.1 Å². The third kappa shape index (κ3) is 2.50. The average Bonchev–Trinajstić information content (AvgIpc) is 2.53. The number of benzene rings is 2. The van der Waals surface area contributed by atoms with E-state index in [0.717, 1.165) is 28.9 Å². The van der Waals surface area contributed by atoms with E-state index in [1.807, 2.05) is 18.2 Å². The number of carbonyl (C=O) groups is 1. The Morgan fingerprint density at radius 1 is 1.24 bits per heavy atom. The summed E-state index contributed by atoms with van der Waals surface area (Å²) in [5.41, 5.74) is 10.5. The van der Waals surface area contributed by atoms with E-state index in [2.05, 4.69) is 12.1 Å². The van der Waals surface area contributed by atoms with Gasteiger partial charge in [-0.05, 0) is 47.9 Å². The van der Waals surface area contributed by atoms with Crippen LogP contribution in [0.4, 0.5) is 0 Å². The van der Waals surface area contributed by atoms with Gasteiger partial charge in [0.2, 0.25) is 0 Å². The highest BCUT2D eigenvalue weighted by Crippen LogP contribution is 2.38. The molecule has 4 heteroatoms. The van der Waals surface area contributed by atoms with Crippen molar-refractivity contribution in [3.05, 3.63) is 53.1 Å². The van der Waals surface area contributed by atoms with Crippen LogP contribution in [0.5, 0.6) is 5.75 Å². The number of hydrogen-bond acceptors (Lipinski definition) is 4. The number of carbonyl (C=O) groups excluding carboxylic acids is 1. The van der Waals surface area contributed by atoms with E-state index < -0.39 is 0 Å². The lowest BCUT2D eigenvalue weighted by Crippen LogP contribution is -2.09. The van der Waals surface area contributed by atoms with Crippen LogP contribution in [-0.4, -0.2) is 19.6 Å². The quantitative estimate of drug-likeness (QED) is 0.879. The number of fused-ring (bicyclic) bond motifs is 3. The summed E-state index contributed by atoms with van der Waals surface area (Å²) >= 11 is 0. The molecule has 0 bridgehead atoms. The van der Waals surface area contributed by atoms with Crippen LogP contribution in [-0.2, 0) is 17.8 Å². The van der Waals surface area contributed by atoms with Crippen molar-refractivity contribution in [1.29, 1.82) is 0 Å². The molecule has 2 aromatic carbocycles. The summed E-state index contributed by atoms with van der Waals surface area (Å²) in [6, 6.07) is 11.7. The summed E-state index contributed by atoms with van der Waals surface area (Å²) in [5, 5.41) is 0. The standard InChI is InChI=1S/C17H17NO3/c1-20-17(19)12-3-5-14-13(9-12)10-21-16-8-11(6-7-18)2-4-15(14)16/h2-5,8-9H,6-7,10,18H2,1H3. The van der Waals surface area contributed by atoms with Gasteiger partial charge in [-0.25, -0.2) is 4.79 Å². The van der Waals surface area contributed by atoms with E-state index in [1.165, 1.54) is 12.7 Å². The maximum absolute atomic E-state index is 11.6. The normalized spacial score (nSPS) is 12.1. The lowest BCUT2D eigenvalue weighted by Gasteiger charge is -2.22. The minimum Gasteiger partial charge on any atom is -0.488 e. The molecule has 108 valence electrons. The van der Waals surface area contributed by atoms with Crippen LogP contribution in [0.15, 0.2) is 36.4 Å². The molecular formula is C17H17NO3. The van der Waals surface area contributed by atoms with Gasteiger partial charge < -0.3 is 15.2 Å². The Morgan fingerprint density at radius 2 is 2.05 bits per heavy atom. The summed E-state index contributed by atoms with van der Waals surface area (Å²) in [5.74, 6) is 0.543. The molecule has 0 aliphatic carbocycles. The van der Waals surface area contributed by atoms with E-state index >= 15 is 0 Å². The molecule has 1 aliphatic heterocycles. The van der Waals surface area contributed by atoms with E-state index in [4.69, 9.17) is 15.2 Å². The number of esters is 1. The predicted molar refractivity (Wildman–Crippen MR) is 80.3 cm³/mol. The molecule has 1 aliphatic rings. The van der Waals surface area contributed by atoms with Gasteiger partial charge >= 0.3 is 5.97 Å². The molecule has 4 nitrogen and oxygen atoms in total. The van der Waals surface area contributed by atoms with Gasteiger partial charge in [-0.3, -0.25) is 0 Å². The van der Waals surface area contributed by atoms with Crippen molar-refractivity contribution in [3.63, 3.8) is 0 Å². The number of hydrogen-bond donors (Lipinski definition) is 1. The molecule has 0 amide bonds. The van der Waals surface area contributed by atoms with Gasteiger partial charge in [0.05, 0.1) is 12.7 Å². The molecule has 0 aromatic heterocycles. The first kappa shape index (κ1) is 13.6. The molecule has 0 unspecified atom stereocenters. The second kappa shape index (κ2) is 5.58. The van der Waals surface area contributed by atoms with Crippen molar-refractivity contribution >= 4 is 5.97 Å². The third-order valence-corrected chi connectivity index (χ3v) is 3.68. The second-order valence-electron chi connectivity index (χ2n) is 5.02. The fraction of sp³-hybridized carbons (Fsp3) is 0.235. The molecule has 0 saturated carbocycles. The minimum absolute atomic E-state index is 0.332.